The highest BCUT2D eigenvalue weighted by atomic mass is 19.1. The van der Waals surface area contributed by atoms with Crippen LogP contribution in [0.1, 0.15) is 37.7 Å². The molecule has 0 spiro atoms. The zero-order valence-electron chi connectivity index (χ0n) is 11.6. The molecule has 0 heterocycles. The molecule has 0 bridgehead atoms. The van der Waals surface area contributed by atoms with Gasteiger partial charge in [0, 0.05) is 23.7 Å². The lowest BCUT2D eigenvalue weighted by Gasteiger charge is -2.10. The van der Waals surface area contributed by atoms with Gasteiger partial charge in [-0.1, -0.05) is 12.8 Å². The Balaban J connectivity index is 2.00. The molecule has 1 aromatic carbocycles. The molecule has 2 rings (SSSR count). The molecular weight excluding hydrogens is 273 g/mol. The van der Waals surface area contributed by atoms with Crippen LogP contribution in [0.5, 0.6) is 0 Å². The molecule has 21 heavy (non-hydrogen) atoms. The predicted molar refractivity (Wildman–Crippen MR) is 78.3 cm³/mol. The number of hydrogen-bond acceptors (Lipinski definition) is 2. The summed E-state index contributed by atoms with van der Waals surface area (Å²) in [6.07, 6.45) is 7.05. The number of halogens is 1. The minimum Gasteiger partial charge on any atom is -0.478 e. The average Bonchev–Trinajstić information content (AvgIpc) is 2.92. The quantitative estimate of drug-likeness (QED) is 0.817. The van der Waals surface area contributed by atoms with Gasteiger partial charge in [0.25, 0.3) is 0 Å². The number of carbonyl (C=O) groups is 2. The van der Waals surface area contributed by atoms with Crippen LogP contribution < -0.4 is 5.32 Å². The molecule has 4 nitrogen and oxygen atoms in total. The monoisotopic (exact) mass is 291 g/mol. The van der Waals surface area contributed by atoms with Crippen molar-refractivity contribution in [1.29, 1.82) is 0 Å². The lowest BCUT2D eigenvalue weighted by molar-refractivity contribution is -0.131. The molecule has 1 amide bonds. The van der Waals surface area contributed by atoms with Crippen LogP contribution in [0.3, 0.4) is 0 Å². The van der Waals surface area contributed by atoms with E-state index in [0.717, 1.165) is 18.9 Å². The molecule has 1 aliphatic carbocycles. The van der Waals surface area contributed by atoms with Gasteiger partial charge in [-0.05, 0) is 43.0 Å². The van der Waals surface area contributed by atoms with Crippen molar-refractivity contribution < 1.29 is 19.1 Å². The smallest absolute Gasteiger partial charge is 0.328 e. The third kappa shape index (κ3) is 4.70. The molecule has 2 N–H and O–H groups in total. The number of nitrogens with one attached hydrogen (secondary N) is 1. The summed E-state index contributed by atoms with van der Waals surface area (Å²) in [5.41, 5.74) is 0.612. The van der Waals surface area contributed by atoms with Gasteiger partial charge in [0.15, 0.2) is 0 Å². The lowest BCUT2D eigenvalue weighted by atomic mass is 10.0. The minimum atomic E-state index is -1.15. The topological polar surface area (TPSA) is 66.4 Å². The summed E-state index contributed by atoms with van der Waals surface area (Å²) in [5.74, 6) is -1.31. The van der Waals surface area contributed by atoms with Gasteiger partial charge in [0.1, 0.15) is 5.82 Å². The van der Waals surface area contributed by atoms with E-state index in [2.05, 4.69) is 5.32 Å². The Labute approximate surface area is 122 Å². The van der Waals surface area contributed by atoms with Gasteiger partial charge in [-0.3, -0.25) is 4.79 Å². The largest absolute Gasteiger partial charge is 0.478 e. The van der Waals surface area contributed by atoms with Gasteiger partial charge in [0.2, 0.25) is 5.91 Å². The van der Waals surface area contributed by atoms with Gasteiger partial charge in [-0.25, -0.2) is 9.18 Å². The number of aliphatic carboxylic acids is 1. The first kappa shape index (κ1) is 15.2. The summed E-state index contributed by atoms with van der Waals surface area (Å²) in [5, 5.41) is 11.3. The first-order valence-corrected chi connectivity index (χ1v) is 7.05. The van der Waals surface area contributed by atoms with Crippen LogP contribution in [-0.4, -0.2) is 17.0 Å². The van der Waals surface area contributed by atoms with E-state index in [0.29, 0.717) is 18.0 Å². The maximum absolute atomic E-state index is 13.5. The van der Waals surface area contributed by atoms with Crippen molar-refractivity contribution in [2.75, 3.05) is 5.32 Å². The summed E-state index contributed by atoms with van der Waals surface area (Å²) in [7, 11) is 0. The highest BCUT2D eigenvalue weighted by molar-refractivity contribution is 5.91. The Morgan fingerprint density at radius 3 is 2.71 bits per heavy atom. The minimum absolute atomic E-state index is 0.0818. The molecule has 1 saturated carbocycles. The van der Waals surface area contributed by atoms with E-state index in [9.17, 15) is 14.0 Å². The van der Waals surface area contributed by atoms with Crippen molar-refractivity contribution in [1.82, 2.24) is 0 Å². The zero-order chi connectivity index (χ0) is 15.2. The Hall–Kier alpha value is -2.17. The number of carboxylic acids is 1. The zero-order valence-corrected chi connectivity index (χ0v) is 11.6. The molecule has 0 unspecified atom stereocenters. The maximum atomic E-state index is 13.5. The van der Waals surface area contributed by atoms with Crippen molar-refractivity contribution in [2.24, 2.45) is 5.92 Å². The van der Waals surface area contributed by atoms with Gasteiger partial charge in [-0.2, -0.15) is 0 Å². The van der Waals surface area contributed by atoms with Crippen LogP contribution in [0.15, 0.2) is 24.3 Å². The first-order valence-electron chi connectivity index (χ1n) is 7.05. The van der Waals surface area contributed by atoms with E-state index < -0.39 is 11.8 Å². The van der Waals surface area contributed by atoms with E-state index in [1.165, 1.54) is 37.1 Å². The Morgan fingerprint density at radius 2 is 2.05 bits per heavy atom. The normalized spacial score (nSPS) is 15.5. The summed E-state index contributed by atoms with van der Waals surface area (Å²) in [6.45, 7) is 0. The summed E-state index contributed by atoms with van der Waals surface area (Å²) < 4.78 is 13.5. The van der Waals surface area contributed by atoms with Crippen LogP contribution in [-0.2, 0) is 9.59 Å². The van der Waals surface area contributed by atoms with E-state index >= 15 is 0 Å². The second-order valence-corrected chi connectivity index (χ2v) is 5.31. The molecule has 0 atom stereocenters. The highest BCUT2D eigenvalue weighted by Gasteiger charge is 2.18. The predicted octanol–water partition coefficient (Wildman–Crippen LogP) is 3.44. The van der Waals surface area contributed by atoms with Gasteiger partial charge < -0.3 is 10.4 Å². The standard InChI is InChI=1S/C16H18FNO3/c17-14-7-6-13(10-12(14)5-8-16(20)21)18-15(19)9-11-3-1-2-4-11/h5-8,10-11H,1-4,9H2,(H,18,19)(H,20,21)/b8-5+. The molecule has 112 valence electrons. The molecule has 0 saturated heterocycles. The second kappa shape index (κ2) is 7.02. The van der Waals surface area contributed by atoms with E-state index in [-0.39, 0.29) is 11.5 Å². The number of amides is 1. The fourth-order valence-corrected chi connectivity index (χ4v) is 2.60. The van der Waals surface area contributed by atoms with E-state index in [1.807, 2.05) is 0 Å². The van der Waals surface area contributed by atoms with Crippen LogP contribution >= 0.6 is 0 Å². The Bertz CT molecular complexity index is 563. The van der Waals surface area contributed by atoms with Crippen molar-refractivity contribution in [3.63, 3.8) is 0 Å². The third-order valence-electron chi connectivity index (χ3n) is 3.63. The average molecular weight is 291 g/mol. The number of carboxylic acid groups (broad SMARTS) is 1. The lowest BCUT2D eigenvalue weighted by Crippen LogP contribution is -2.15. The van der Waals surface area contributed by atoms with Gasteiger partial charge in [-0.15, -0.1) is 0 Å². The van der Waals surface area contributed by atoms with Gasteiger partial charge >= 0.3 is 5.97 Å². The van der Waals surface area contributed by atoms with E-state index in [1.54, 1.807) is 0 Å². The van der Waals surface area contributed by atoms with Crippen LogP contribution in [0.2, 0.25) is 0 Å². The molecule has 0 aromatic heterocycles. The van der Waals surface area contributed by atoms with E-state index in [4.69, 9.17) is 5.11 Å². The Kier molecular flexibility index (Phi) is 5.09. The summed E-state index contributed by atoms with van der Waals surface area (Å²) in [6, 6.07) is 4.12. The third-order valence-corrected chi connectivity index (χ3v) is 3.63. The molecular formula is C16H18FNO3. The first-order chi connectivity index (χ1) is 10.0. The van der Waals surface area contributed by atoms with Crippen molar-refractivity contribution in [3.05, 3.63) is 35.7 Å². The number of anilines is 1. The van der Waals surface area contributed by atoms with Crippen molar-refractivity contribution in [2.45, 2.75) is 32.1 Å². The Morgan fingerprint density at radius 1 is 1.33 bits per heavy atom. The number of rotatable bonds is 5. The molecule has 1 aliphatic rings. The SMILES string of the molecule is O=C(O)/C=C/c1cc(NC(=O)CC2CCCC2)ccc1F. The van der Waals surface area contributed by atoms with Crippen LogP contribution in [0.25, 0.3) is 6.08 Å². The molecule has 5 heteroatoms. The van der Waals surface area contributed by atoms with Crippen LogP contribution in [0, 0.1) is 11.7 Å². The fraction of sp³-hybridized carbons (Fsp3) is 0.375. The van der Waals surface area contributed by atoms with Gasteiger partial charge in [0.05, 0.1) is 0 Å². The molecule has 1 fully saturated rings. The molecule has 0 radical (unpaired) electrons. The van der Waals surface area contributed by atoms with Crippen molar-refractivity contribution in [3.8, 4) is 0 Å². The number of hydrogen-bond donors (Lipinski definition) is 2. The second-order valence-electron chi connectivity index (χ2n) is 5.31. The number of carbonyl (C=O) groups excluding carboxylic acids is 1. The summed E-state index contributed by atoms with van der Waals surface area (Å²) >= 11 is 0. The van der Waals surface area contributed by atoms with Crippen LogP contribution in [0.4, 0.5) is 10.1 Å². The summed E-state index contributed by atoms with van der Waals surface area (Å²) in [4.78, 5) is 22.4. The highest BCUT2D eigenvalue weighted by Crippen LogP contribution is 2.28. The fourth-order valence-electron chi connectivity index (χ4n) is 2.60. The number of benzene rings is 1. The van der Waals surface area contributed by atoms with Crippen molar-refractivity contribution >= 4 is 23.6 Å². The molecule has 1 aromatic rings. The molecule has 0 aliphatic heterocycles. The maximum Gasteiger partial charge on any atom is 0.328 e.